The largest absolute Gasteiger partial charge is 0.482 e. The van der Waals surface area contributed by atoms with E-state index in [1.807, 2.05) is 36.7 Å². The first-order valence-electron chi connectivity index (χ1n) is 8.35. The number of anilines is 2. The van der Waals surface area contributed by atoms with E-state index >= 15 is 0 Å². The highest BCUT2D eigenvalue weighted by Crippen LogP contribution is 2.30. The van der Waals surface area contributed by atoms with Crippen molar-refractivity contribution in [3.8, 4) is 17.1 Å². The number of ether oxygens (including phenoxy) is 1. The summed E-state index contributed by atoms with van der Waals surface area (Å²) < 4.78 is 7.19. The molecule has 0 saturated carbocycles. The Balaban J connectivity index is 1.61. The number of benzene rings is 2. The topological polar surface area (TPSA) is 98.1 Å². The molecular formula is C19H17N5O3. The second kappa shape index (κ2) is 6.56. The average molecular weight is 363 g/mol. The summed E-state index contributed by atoms with van der Waals surface area (Å²) in [5.41, 5.74) is 3.47. The molecule has 0 spiro atoms. The van der Waals surface area contributed by atoms with Crippen molar-refractivity contribution in [2.24, 2.45) is 7.05 Å². The van der Waals surface area contributed by atoms with Crippen LogP contribution in [0.15, 0.2) is 42.7 Å². The monoisotopic (exact) mass is 363 g/mol. The molecule has 1 aliphatic heterocycles. The Kier molecular flexibility index (Phi) is 4.08. The van der Waals surface area contributed by atoms with Crippen molar-refractivity contribution in [1.29, 1.82) is 0 Å². The summed E-state index contributed by atoms with van der Waals surface area (Å²) >= 11 is 0. The van der Waals surface area contributed by atoms with Gasteiger partial charge in [-0.1, -0.05) is 12.1 Å². The van der Waals surface area contributed by atoms with Gasteiger partial charge in [0.2, 0.25) is 0 Å². The maximum absolute atomic E-state index is 12.7. The van der Waals surface area contributed by atoms with Crippen molar-refractivity contribution in [2.45, 2.75) is 6.92 Å². The van der Waals surface area contributed by atoms with Crippen molar-refractivity contribution in [2.75, 3.05) is 17.2 Å². The number of fused-ring (bicyclic) bond motifs is 1. The van der Waals surface area contributed by atoms with E-state index in [-0.39, 0.29) is 18.4 Å². The molecule has 27 heavy (non-hydrogen) atoms. The van der Waals surface area contributed by atoms with Crippen LogP contribution >= 0.6 is 0 Å². The lowest BCUT2D eigenvalue weighted by Crippen LogP contribution is -2.25. The number of aryl methyl sites for hydroxylation is 1. The minimum Gasteiger partial charge on any atom is -0.482 e. The van der Waals surface area contributed by atoms with Crippen LogP contribution in [0.5, 0.6) is 5.75 Å². The lowest BCUT2D eigenvalue weighted by Gasteiger charge is -2.18. The highest BCUT2D eigenvalue weighted by molar-refractivity contribution is 6.06. The number of nitrogens with one attached hydrogen (secondary N) is 2. The van der Waals surface area contributed by atoms with E-state index in [1.54, 1.807) is 24.5 Å². The number of hydrogen-bond acceptors (Lipinski definition) is 5. The zero-order valence-corrected chi connectivity index (χ0v) is 14.8. The van der Waals surface area contributed by atoms with Gasteiger partial charge in [0.15, 0.2) is 12.4 Å². The molecule has 136 valence electrons. The third-order valence-corrected chi connectivity index (χ3v) is 4.41. The van der Waals surface area contributed by atoms with Gasteiger partial charge in [0.05, 0.1) is 5.69 Å². The molecule has 0 atom stereocenters. The van der Waals surface area contributed by atoms with Crippen LogP contribution in [0, 0.1) is 6.92 Å². The smallest absolute Gasteiger partial charge is 0.262 e. The van der Waals surface area contributed by atoms with Crippen molar-refractivity contribution in [3.63, 3.8) is 0 Å². The summed E-state index contributed by atoms with van der Waals surface area (Å²) in [5.74, 6) is 0.723. The Morgan fingerprint density at radius 3 is 2.93 bits per heavy atom. The van der Waals surface area contributed by atoms with Crippen LogP contribution < -0.4 is 15.4 Å². The van der Waals surface area contributed by atoms with E-state index in [4.69, 9.17) is 4.74 Å². The van der Waals surface area contributed by atoms with Crippen LogP contribution in [-0.2, 0) is 11.8 Å². The van der Waals surface area contributed by atoms with Gasteiger partial charge in [0.25, 0.3) is 11.8 Å². The van der Waals surface area contributed by atoms with Crippen LogP contribution in [0.4, 0.5) is 11.4 Å². The highest BCUT2D eigenvalue weighted by Gasteiger charge is 2.19. The van der Waals surface area contributed by atoms with Gasteiger partial charge in [-0.05, 0) is 36.8 Å². The molecule has 2 amide bonds. The molecule has 2 heterocycles. The van der Waals surface area contributed by atoms with Crippen LogP contribution in [0.25, 0.3) is 11.4 Å². The first kappa shape index (κ1) is 16.8. The van der Waals surface area contributed by atoms with Gasteiger partial charge in [-0.2, -0.15) is 0 Å². The number of carbonyl (C=O) groups excluding carboxylic acids is 2. The number of rotatable bonds is 3. The molecule has 8 nitrogen and oxygen atoms in total. The molecule has 0 unspecified atom stereocenters. The normalized spacial score (nSPS) is 12.7. The zero-order chi connectivity index (χ0) is 19.0. The van der Waals surface area contributed by atoms with Gasteiger partial charge in [0.1, 0.15) is 12.1 Å². The molecule has 3 aromatic rings. The van der Waals surface area contributed by atoms with E-state index < -0.39 is 0 Å². The van der Waals surface area contributed by atoms with E-state index in [9.17, 15) is 9.59 Å². The molecule has 0 bridgehead atoms. The number of nitrogens with zero attached hydrogens (tertiary/aromatic N) is 3. The molecule has 0 radical (unpaired) electrons. The van der Waals surface area contributed by atoms with Gasteiger partial charge in [-0.25, -0.2) is 0 Å². The number of carbonyl (C=O) groups is 2. The zero-order valence-electron chi connectivity index (χ0n) is 14.8. The minimum atomic E-state index is -0.267. The van der Waals surface area contributed by atoms with Gasteiger partial charge < -0.3 is 19.9 Å². The summed E-state index contributed by atoms with van der Waals surface area (Å²) in [6.45, 7) is 1.86. The standard InChI is InChI=1S/C19H17N5O3/c1-11-13(18-23-20-10-24(18)2)4-3-5-14(11)22-19(26)12-6-7-15-16(8-12)27-9-17(25)21-15/h3-8,10H,9H2,1-2H3,(H,21,25)(H,22,26). The Labute approximate surface area is 155 Å². The maximum Gasteiger partial charge on any atom is 0.262 e. The molecule has 8 heteroatoms. The summed E-state index contributed by atoms with van der Waals surface area (Å²) in [6.07, 6.45) is 1.63. The lowest BCUT2D eigenvalue weighted by molar-refractivity contribution is -0.118. The van der Waals surface area contributed by atoms with E-state index in [0.29, 0.717) is 22.7 Å². The Morgan fingerprint density at radius 1 is 1.30 bits per heavy atom. The molecule has 1 aliphatic rings. The van der Waals surface area contributed by atoms with Crippen molar-refractivity contribution in [1.82, 2.24) is 14.8 Å². The van der Waals surface area contributed by atoms with Gasteiger partial charge in [-0.15, -0.1) is 10.2 Å². The molecule has 4 rings (SSSR count). The van der Waals surface area contributed by atoms with Crippen LogP contribution in [0.1, 0.15) is 15.9 Å². The predicted molar refractivity (Wildman–Crippen MR) is 99.7 cm³/mol. The van der Waals surface area contributed by atoms with Gasteiger partial charge in [0, 0.05) is 23.9 Å². The maximum atomic E-state index is 12.7. The van der Waals surface area contributed by atoms with E-state index in [0.717, 1.165) is 17.0 Å². The second-order valence-electron chi connectivity index (χ2n) is 6.25. The molecule has 1 aromatic heterocycles. The van der Waals surface area contributed by atoms with Crippen LogP contribution in [-0.4, -0.2) is 33.2 Å². The Hall–Kier alpha value is -3.68. The number of amides is 2. The van der Waals surface area contributed by atoms with Crippen LogP contribution in [0.3, 0.4) is 0 Å². The summed E-state index contributed by atoms with van der Waals surface area (Å²) in [4.78, 5) is 24.0. The van der Waals surface area contributed by atoms with Gasteiger partial charge >= 0.3 is 0 Å². The molecule has 2 N–H and O–H groups in total. The van der Waals surface area contributed by atoms with Crippen molar-refractivity contribution < 1.29 is 14.3 Å². The summed E-state index contributed by atoms with van der Waals surface area (Å²) in [7, 11) is 1.87. The summed E-state index contributed by atoms with van der Waals surface area (Å²) in [6, 6.07) is 10.5. The van der Waals surface area contributed by atoms with E-state index in [2.05, 4.69) is 20.8 Å². The SMILES string of the molecule is Cc1c(NC(=O)c2ccc3c(c2)OCC(=O)N3)cccc1-c1nncn1C. The van der Waals surface area contributed by atoms with Gasteiger partial charge in [-0.3, -0.25) is 9.59 Å². The Bertz CT molecular complexity index is 1060. The fraction of sp³-hybridized carbons (Fsp3) is 0.158. The fourth-order valence-corrected chi connectivity index (χ4v) is 2.95. The number of aromatic nitrogens is 3. The lowest BCUT2D eigenvalue weighted by atomic mass is 10.1. The second-order valence-corrected chi connectivity index (χ2v) is 6.25. The third kappa shape index (κ3) is 3.12. The highest BCUT2D eigenvalue weighted by atomic mass is 16.5. The van der Waals surface area contributed by atoms with Crippen molar-refractivity contribution >= 4 is 23.2 Å². The van der Waals surface area contributed by atoms with Crippen molar-refractivity contribution in [3.05, 3.63) is 53.9 Å². The molecule has 0 saturated heterocycles. The summed E-state index contributed by atoms with van der Waals surface area (Å²) in [5, 5.41) is 13.7. The molecule has 0 fully saturated rings. The number of hydrogen-bond donors (Lipinski definition) is 2. The molecular weight excluding hydrogens is 346 g/mol. The average Bonchev–Trinajstić information content (AvgIpc) is 3.08. The molecule has 0 aliphatic carbocycles. The molecule has 2 aromatic carbocycles. The van der Waals surface area contributed by atoms with Crippen LogP contribution in [0.2, 0.25) is 0 Å². The predicted octanol–water partition coefficient (Wildman–Crippen LogP) is 2.37. The Morgan fingerprint density at radius 2 is 2.15 bits per heavy atom. The quantitative estimate of drug-likeness (QED) is 0.744. The first-order chi connectivity index (χ1) is 13.0. The van der Waals surface area contributed by atoms with E-state index in [1.165, 1.54) is 0 Å². The fourth-order valence-electron chi connectivity index (χ4n) is 2.95. The third-order valence-electron chi connectivity index (χ3n) is 4.41. The first-order valence-corrected chi connectivity index (χ1v) is 8.35. The minimum absolute atomic E-state index is 0.0586.